The number of phosphoric acid groups is 2. The number of hydrogen-bond donors (Lipinski definition) is 4. The Labute approximate surface area is 628 Å². The summed E-state index contributed by atoms with van der Waals surface area (Å²) in [6.45, 7) is 2.65. The zero-order valence-electron chi connectivity index (χ0n) is 65.5. The minimum atomic E-state index is -4.93. The summed E-state index contributed by atoms with van der Waals surface area (Å²) >= 11 is 0. The van der Waals surface area contributed by atoms with Crippen LogP contribution in [0.1, 0.15) is 367 Å². The summed E-state index contributed by atoms with van der Waals surface area (Å²) < 4.78 is 61.1. The number of carbonyl (C=O) groups is 3. The number of esters is 3. The highest BCUT2D eigenvalue weighted by atomic mass is 31.2. The van der Waals surface area contributed by atoms with Gasteiger partial charge in [-0.3, -0.25) is 32.5 Å². The second-order valence-electron chi connectivity index (χ2n) is 27.9. The van der Waals surface area contributed by atoms with Gasteiger partial charge in [0, 0.05) is 19.3 Å². The molecule has 0 aromatic carbocycles. The van der Waals surface area contributed by atoms with Crippen molar-refractivity contribution in [1.29, 1.82) is 0 Å². The first-order valence-electron chi connectivity index (χ1n) is 41.5. The van der Waals surface area contributed by atoms with E-state index in [0.29, 0.717) is 19.3 Å². The van der Waals surface area contributed by atoms with Crippen molar-refractivity contribution < 1.29 is 75.8 Å². The lowest BCUT2D eigenvalue weighted by Gasteiger charge is -2.21. The Morgan fingerprint density at radius 2 is 0.485 bits per heavy atom. The molecule has 0 saturated heterocycles. The van der Waals surface area contributed by atoms with Gasteiger partial charge in [0.15, 0.2) is 6.10 Å². The Morgan fingerprint density at radius 1 is 0.272 bits per heavy atom. The van der Waals surface area contributed by atoms with Crippen molar-refractivity contribution in [1.82, 2.24) is 0 Å². The summed E-state index contributed by atoms with van der Waals surface area (Å²) in [5, 5.41) is 20.6. The van der Waals surface area contributed by atoms with Gasteiger partial charge in [-0.2, -0.15) is 0 Å². The van der Waals surface area contributed by atoms with Crippen molar-refractivity contribution >= 4 is 33.6 Å². The lowest BCUT2D eigenvalue weighted by atomic mass is 10.0. The van der Waals surface area contributed by atoms with Gasteiger partial charge in [-0.25, -0.2) is 9.13 Å². The van der Waals surface area contributed by atoms with Gasteiger partial charge in [-0.05, 0) is 109 Å². The van der Waals surface area contributed by atoms with Gasteiger partial charge in [0.05, 0.1) is 26.4 Å². The van der Waals surface area contributed by atoms with Crippen LogP contribution in [0, 0.1) is 0 Å². The molecular weight excluding hydrogens is 1340 g/mol. The number of ether oxygens (including phenoxy) is 3. The zero-order valence-corrected chi connectivity index (χ0v) is 67.3. The molecule has 0 aliphatic heterocycles. The SMILES string of the molecule is CCCCC/C=C\C/C=C\C/C=C\C/C=C\CCCCCCCCCCCCCCCCCCCC(=O)OCC(O)COP(=O)(O)OCC(O)COP(=O)(O)OCC(COC(=O)CCCCCCCCC/C=C\C/C=C\C/C=C\C/C=C\CCCCC)OC(=O)CCCCCCCCCCCCC. The molecule has 0 aromatic rings. The molecule has 4 N–H and O–H groups in total. The van der Waals surface area contributed by atoms with Crippen LogP contribution in [0.2, 0.25) is 0 Å². The van der Waals surface area contributed by atoms with Crippen molar-refractivity contribution in [3.63, 3.8) is 0 Å². The smallest absolute Gasteiger partial charge is 0.463 e. The van der Waals surface area contributed by atoms with Crippen molar-refractivity contribution in [2.24, 2.45) is 0 Å². The maximum Gasteiger partial charge on any atom is 0.472 e. The van der Waals surface area contributed by atoms with Crippen molar-refractivity contribution in [2.45, 2.75) is 386 Å². The minimum absolute atomic E-state index is 0.105. The van der Waals surface area contributed by atoms with E-state index in [9.17, 15) is 43.5 Å². The van der Waals surface area contributed by atoms with E-state index in [0.717, 1.165) is 128 Å². The number of hydrogen-bond acceptors (Lipinski definition) is 14. The third-order valence-corrected chi connectivity index (χ3v) is 19.7. The molecule has 598 valence electrons. The molecule has 5 atom stereocenters. The first kappa shape index (κ1) is 99.5. The summed E-state index contributed by atoms with van der Waals surface area (Å²) in [5.74, 6) is -1.57. The van der Waals surface area contributed by atoms with Crippen molar-refractivity contribution in [3.05, 3.63) is 97.2 Å². The average Bonchev–Trinajstić information content (AvgIpc) is 0.914. The second-order valence-corrected chi connectivity index (χ2v) is 30.8. The van der Waals surface area contributed by atoms with E-state index in [1.54, 1.807) is 0 Å². The van der Waals surface area contributed by atoms with E-state index >= 15 is 0 Å². The molecule has 103 heavy (non-hydrogen) atoms. The molecule has 5 unspecified atom stereocenters. The number of rotatable bonds is 79. The first-order valence-corrected chi connectivity index (χ1v) is 44.5. The molecule has 0 saturated carbocycles. The number of aliphatic hydroxyl groups excluding tert-OH is 2. The standard InChI is InChI=1S/C85H152O16P2/c1-4-7-10-13-16-19-22-24-26-28-30-32-34-35-36-37-38-39-40-41-42-43-45-47-48-50-52-54-57-59-62-65-68-71-83(88)95-74-80(86)75-97-102(91,92)98-76-81(87)77-99-103(93,94)100-79-82(101-85(90)73-70-67-64-61-56-21-18-15-12-9-6-3)78-96-84(89)72-69-66-63-60-58-55-53-51-49-46-44-33-31-29-27-25-23-20-17-14-11-8-5-2/h16-17,19-20,24-27,30-33,35-36,46,49,80-82,86-87H,4-15,18,21-23,28-29,34,37-45,47-48,50-79H2,1-3H3,(H,91,92)(H,93,94)/b19-16-,20-17-,26-24-,27-25-,32-30-,33-31-,36-35-,49-46-. The van der Waals surface area contributed by atoms with Crippen LogP contribution in [0.5, 0.6) is 0 Å². The molecule has 0 rings (SSSR count). The molecule has 16 nitrogen and oxygen atoms in total. The van der Waals surface area contributed by atoms with E-state index in [1.165, 1.54) is 180 Å². The summed E-state index contributed by atoms with van der Waals surface area (Å²) in [6, 6.07) is 0. The summed E-state index contributed by atoms with van der Waals surface area (Å²) in [4.78, 5) is 58.6. The molecule has 0 fully saturated rings. The lowest BCUT2D eigenvalue weighted by Crippen LogP contribution is -2.30. The summed E-state index contributed by atoms with van der Waals surface area (Å²) in [5.41, 5.74) is 0. The third kappa shape index (κ3) is 79.3. The van der Waals surface area contributed by atoms with E-state index < -0.39 is 91.5 Å². The molecule has 0 aliphatic rings. The fraction of sp³-hybridized carbons (Fsp3) is 0.776. The van der Waals surface area contributed by atoms with Crippen LogP contribution in [0.15, 0.2) is 97.2 Å². The van der Waals surface area contributed by atoms with Gasteiger partial charge in [0.1, 0.15) is 25.4 Å². The molecular formula is C85H152O16P2. The van der Waals surface area contributed by atoms with E-state index in [-0.39, 0.29) is 19.3 Å². The van der Waals surface area contributed by atoms with Gasteiger partial charge in [0.25, 0.3) is 0 Å². The third-order valence-electron chi connectivity index (χ3n) is 17.8. The number of carbonyl (C=O) groups excluding carboxylic acids is 3. The Hall–Kier alpha value is -3.53. The predicted octanol–water partition coefficient (Wildman–Crippen LogP) is 24.5. The Kier molecular flexibility index (Phi) is 75.4. The van der Waals surface area contributed by atoms with Crippen LogP contribution in [0.4, 0.5) is 0 Å². The topological polar surface area (TPSA) is 231 Å². The van der Waals surface area contributed by atoms with E-state index in [1.807, 2.05) is 0 Å². The fourth-order valence-electron chi connectivity index (χ4n) is 11.4. The number of phosphoric ester groups is 2. The maximum atomic E-state index is 12.9. The Bertz CT molecular complexity index is 2260. The van der Waals surface area contributed by atoms with Crippen LogP contribution in [0.3, 0.4) is 0 Å². The molecule has 18 heteroatoms. The fourth-order valence-corrected chi connectivity index (χ4v) is 13.0. The molecule has 0 bridgehead atoms. The van der Waals surface area contributed by atoms with Gasteiger partial charge in [-0.1, -0.05) is 336 Å². The van der Waals surface area contributed by atoms with Crippen LogP contribution in [0.25, 0.3) is 0 Å². The average molecular weight is 1490 g/mol. The second kappa shape index (κ2) is 78.1. The molecule has 0 amide bonds. The number of allylic oxidation sites excluding steroid dienone is 16. The first-order chi connectivity index (χ1) is 50.2. The highest BCUT2D eigenvalue weighted by Gasteiger charge is 2.29. The summed E-state index contributed by atoms with van der Waals surface area (Å²) in [7, 11) is -9.78. The monoisotopic (exact) mass is 1490 g/mol. The van der Waals surface area contributed by atoms with Gasteiger partial charge < -0.3 is 34.2 Å². The Morgan fingerprint density at radius 3 is 0.786 bits per heavy atom. The van der Waals surface area contributed by atoms with Crippen LogP contribution < -0.4 is 0 Å². The highest BCUT2D eigenvalue weighted by molar-refractivity contribution is 7.47. The largest absolute Gasteiger partial charge is 0.472 e. The molecule has 0 aliphatic carbocycles. The van der Waals surface area contributed by atoms with Crippen LogP contribution in [-0.4, -0.2) is 95.9 Å². The maximum absolute atomic E-state index is 12.9. The molecule has 0 aromatic heterocycles. The van der Waals surface area contributed by atoms with Crippen LogP contribution >= 0.6 is 15.6 Å². The van der Waals surface area contributed by atoms with Crippen LogP contribution in [-0.2, 0) is 55.8 Å². The van der Waals surface area contributed by atoms with Crippen molar-refractivity contribution in [2.75, 3.05) is 39.6 Å². The lowest BCUT2D eigenvalue weighted by molar-refractivity contribution is -0.161. The van der Waals surface area contributed by atoms with E-state index in [4.69, 9.17) is 32.3 Å². The predicted molar refractivity (Wildman–Crippen MR) is 427 cm³/mol. The summed E-state index contributed by atoms with van der Waals surface area (Å²) in [6.07, 6.45) is 90.5. The van der Waals surface area contributed by atoms with Gasteiger partial charge >= 0.3 is 33.6 Å². The molecule has 0 spiro atoms. The highest BCUT2D eigenvalue weighted by Crippen LogP contribution is 2.45. The zero-order chi connectivity index (χ0) is 75.2. The Balaban J connectivity index is 4.36. The van der Waals surface area contributed by atoms with E-state index in [2.05, 4.69) is 118 Å². The van der Waals surface area contributed by atoms with Gasteiger partial charge in [-0.15, -0.1) is 0 Å². The van der Waals surface area contributed by atoms with Gasteiger partial charge in [0.2, 0.25) is 0 Å². The number of aliphatic hydroxyl groups is 2. The molecule has 0 heterocycles. The quantitative estimate of drug-likeness (QED) is 0.0146. The molecule has 0 radical (unpaired) electrons. The van der Waals surface area contributed by atoms with Crippen molar-refractivity contribution in [3.8, 4) is 0 Å². The number of unbranched alkanes of at least 4 members (excludes halogenated alkanes) is 40. The normalized spacial score (nSPS) is 14.4. The minimum Gasteiger partial charge on any atom is -0.463 e.